The molecule has 0 spiro atoms. The van der Waals surface area contributed by atoms with Crippen LogP contribution in [0.2, 0.25) is 5.02 Å². The van der Waals surface area contributed by atoms with Crippen molar-refractivity contribution in [3.63, 3.8) is 0 Å². The van der Waals surface area contributed by atoms with E-state index in [1.54, 1.807) is 24.3 Å². The molecule has 0 fully saturated rings. The average Bonchev–Trinajstić information content (AvgIpc) is 2.53. The molecule has 0 unspecified atom stereocenters. The number of hydrogen-bond donors (Lipinski definition) is 0. The Labute approximate surface area is 142 Å². The van der Waals surface area contributed by atoms with Gasteiger partial charge in [0.15, 0.2) is 17.8 Å². The van der Waals surface area contributed by atoms with E-state index in [-0.39, 0.29) is 6.61 Å². The summed E-state index contributed by atoms with van der Waals surface area (Å²) in [7, 11) is 1.52. The highest BCUT2D eigenvalue weighted by molar-refractivity contribution is 9.10. The molecule has 2 rings (SSSR count). The highest BCUT2D eigenvalue weighted by Crippen LogP contribution is 2.34. The van der Waals surface area contributed by atoms with Crippen molar-refractivity contribution in [2.24, 2.45) is 0 Å². The third kappa shape index (κ3) is 4.15. The third-order valence-electron chi connectivity index (χ3n) is 2.82. The lowest BCUT2D eigenvalue weighted by Crippen LogP contribution is -2.11. The van der Waals surface area contributed by atoms with Crippen LogP contribution in [0, 0.1) is 0 Å². The number of rotatable bonds is 7. The second-order valence-corrected chi connectivity index (χ2v) is 5.59. The summed E-state index contributed by atoms with van der Waals surface area (Å²) in [6, 6.07) is 10.6. The number of para-hydroxylation sites is 1. The van der Waals surface area contributed by atoms with Gasteiger partial charge in [-0.1, -0.05) is 39.7 Å². The lowest BCUT2D eigenvalue weighted by molar-refractivity contribution is 0.111. The Kier molecular flexibility index (Phi) is 6.10. The first kappa shape index (κ1) is 16.6. The summed E-state index contributed by atoms with van der Waals surface area (Å²) in [6.45, 7) is 0.547. The quantitative estimate of drug-likeness (QED) is 0.524. The molecular weight excluding hydrogens is 372 g/mol. The lowest BCUT2D eigenvalue weighted by Gasteiger charge is -2.14. The van der Waals surface area contributed by atoms with Crippen molar-refractivity contribution < 1.29 is 19.0 Å². The zero-order chi connectivity index (χ0) is 15.9. The van der Waals surface area contributed by atoms with Crippen LogP contribution in [0.4, 0.5) is 0 Å². The number of carbonyl (C=O) groups excluding carboxylic acids is 1. The number of halogens is 2. The van der Waals surface area contributed by atoms with Gasteiger partial charge in [-0.2, -0.15) is 0 Å². The van der Waals surface area contributed by atoms with Crippen LogP contribution in [-0.2, 0) is 0 Å². The number of benzene rings is 2. The fourth-order valence-corrected chi connectivity index (χ4v) is 2.48. The van der Waals surface area contributed by atoms with Gasteiger partial charge in [0, 0.05) is 4.47 Å². The Morgan fingerprint density at radius 3 is 2.55 bits per heavy atom. The monoisotopic (exact) mass is 384 g/mol. The minimum Gasteiger partial charge on any atom is -0.493 e. The van der Waals surface area contributed by atoms with E-state index in [2.05, 4.69) is 15.9 Å². The zero-order valence-corrected chi connectivity index (χ0v) is 14.2. The molecule has 2 aromatic rings. The van der Waals surface area contributed by atoms with Gasteiger partial charge < -0.3 is 14.2 Å². The summed E-state index contributed by atoms with van der Waals surface area (Å²) in [5.41, 5.74) is 0.406. The van der Waals surface area contributed by atoms with E-state index in [1.807, 2.05) is 12.1 Å². The Morgan fingerprint density at radius 1 is 1.14 bits per heavy atom. The summed E-state index contributed by atoms with van der Waals surface area (Å²) in [4.78, 5) is 11.1. The summed E-state index contributed by atoms with van der Waals surface area (Å²) in [6.07, 6.45) is 0.720. The van der Waals surface area contributed by atoms with Gasteiger partial charge in [-0.15, -0.1) is 0 Å². The largest absolute Gasteiger partial charge is 0.493 e. The second-order valence-electron chi connectivity index (χ2n) is 4.27. The highest BCUT2D eigenvalue weighted by atomic mass is 79.9. The lowest BCUT2D eigenvalue weighted by atomic mass is 10.2. The van der Waals surface area contributed by atoms with Crippen molar-refractivity contribution in [1.82, 2.24) is 0 Å². The van der Waals surface area contributed by atoms with Crippen molar-refractivity contribution in [1.29, 1.82) is 0 Å². The molecule has 116 valence electrons. The molecule has 0 aliphatic rings. The normalized spacial score (nSPS) is 10.1. The predicted molar refractivity (Wildman–Crippen MR) is 88.5 cm³/mol. The van der Waals surface area contributed by atoms with E-state index in [9.17, 15) is 4.79 Å². The molecular formula is C16H14BrClO4. The first-order valence-corrected chi connectivity index (χ1v) is 7.65. The number of methoxy groups -OCH3 is 1. The molecule has 0 aliphatic carbocycles. The fourth-order valence-electron chi connectivity index (χ4n) is 1.84. The number of carbonyl (C=O) groups is 1. The van der Waals surface area contributed by atoms with Crippen LogP contribution >= 0.6 is 27.5 Å². The van der Waals surface area contributed by atoms with E-state index in [4.69, 9.17) is 25.8 Å². The number of ether oxygens (including phenoxy) is 3. The molecule has 6 heteroatoms. The molecule has 0 aromatic heterocycles. The molecule has 0 heterocycles. The molecule has 4 nitrogen and oxygen atoms in total. The smallest absolute Gasteiger partial charge is 0.171 e. The van der Waals surface area contributed by atoms with Crippen LogP contribution in [0.3, 0.4) is 0 Å². The van der Waals surface area contributed by atoms with Gasteiger partial charge in [-0.25, -0.2) is 0 Å². The zero-order valence-electron chi connectivity index (χ0n) is 11.8. The fraction of sp³-hybridized carbons (Fsp3) is 0.188. The van der Waals surface area contributed by atoms with Crippen molar-refractivity contribution in [2.45, 2.75) is 0 Å². The van der Waals surface area contributed by atoms with Crippen LogP contribution in [0.15, 0.2) is 40.9 Å². The van der Waals surface area contributed by atoms with Crippen LogP contribution in [0.25, 0.3) is 0 Å². The Morgan fingerprint density at radius 2 is 1.86 bits per heavy atom. The van der Waals surface area contributed by atoms with Gasteiger partial charge in [0.05, 0.1) is 17.7 Å². The maximum Gasteiger partial charge on any atom is 0.171 e. The van der Waals surface area contributed by atoms with Crippen molar-refractivity contribution in [2.75, 3.05) is 20.3 Å². The maximum atomic E-state index is 11.1. The van der Waals surface area contributed by atoms with Crippen molar-refractivity contribution in [3.05, 3.63) is 51.5 Å². The van der Waals surface area contributed by atoms with Gasteiger partial charge >= 0.3 is 0 Å². The Bertz CT molecular complexity index is 661. The minimum absolute atomic E-state index is 0.254. The van der Waals surface area contributed by atoms with Gasteiger partial charge in [0.2, 0.25) is 0 Å². The Hall–Kier alpha value is -1.72. The van der Waals surface area contributed by atoms with Crippen LogP contribution < -0.4 is 14.2 Å². The molecule has 0 saturated carbocycles. The summed E-state index contributed by atoms with van der Waals surface area (Å²) >= 11 is 9.31. The van der Waals surface area contributed by atoms with E-state index < -0.39 is 0 Å². The van der Waals surface area contributed by atoms with Crippen molar-refractivity contribution >= 4 is 33.8 Å². The molecule has 0 aliphatic heterocycles. The standard InChI is InChI=1S/C16H14BrClO4/c1-20-15-9-12(17)8-11(10-19)16(15)22-7-6-21-14-5-3-2-4-13(14)18/h2-5,8-10H,6-7H2,1H3. The van der Waals surface area contributed by atoms with E-state index in [1.165, 1.54) is 7.11 Å². The van der Waals surface area contributed by atoms with Gasteiger partial charge in [0.1, 0.15) is 19.0 Å². The van der Waals surface area contributed by atoms with Gasteiger partial charge in [0.25, 0.3) is 0 Å². The second kappa shape index (κ2) is 8.06. The van der Waals surface area contributed by atoms with E-state index >= 15 is 0 Å². The first-order chi connectivity index (χ1) is 10.7. The summed E-state index contributed by atoms with van der Waals surface area (Å²) in [5, 5.41) is 0.539. The Balaban J connectivity index is 2.00. The third-order valence-corrected chi connectivity index (χ3v) is 3.59. The van der Waals surface area contributed by atoms with Crippen molar-refractivity contribution in [3.8, 4) is 17.2 Å². The van der Waals surface area contributed by atoms with Crippen LogP contribution in [0.5, 0.6) is 17.2 Å². The molecule has 0 bridgehead atoms. The molecule has 2 aromatic carbocycles. The summed E-state index contributed by atoms with van der Waals surface area (Å²) in [5.74, 6) is 1.46. The number of hydrogen-bond acceptors (Lipinski definition) is 4. The highest BCUT2D eigenvalue weighted by Gasteiger charge is 2.12. The topological polar surface area (TPSA) is 44.8 Å². The molecule has 0 atom stereocenters. The molecule has 22 heavy (non-hydrogen) atoms. The average molecular weight is 386 g/mol. The molecule has 0 amide bonds. The molecule has 0 radical (unpaired) electrons. The van der Waals surface area contributed by atoms with Gasteiger partial charge in [-0.05, 0) is 24.3 Å². The van der Waals surface area contributed by atoms with Crippen LogP contribution in [0.1, 0.15) is 10.4 Å². The summed E-state index contributed by atoms with van der Waals surface area (Å²) < 4.78 is 17.1. The SMILES string of the molecule is COc1cc(Br)cc(C=O)c1OCCOc1ccccc1Cl. The molecule has 0 saturated heterocycles. The first-order valence-electron chi connectivity index (χ1n) is 6.48. The predicted octanol–water partition coefficient (Wildman–Crippen LogP) is 4.38. The number of aldehydes is 1. The van der Waals surface area contributed by atoms with Crippen LogP contribution in [-0.4, -0.2) is 26.6 Å². The van der Waals surface area contributed by atoms with Gasteiger partial charge in [-0.3, -0.25) is 4.79 Å². The maximum absolute atomic E-state index is 11.1. The van der Waals surface area contributed by atoms with E-state index in [0.29, 0.717) is 34.4 Å². The van der Waals surface area contributed by atoms with E-state index in [0.717, 1.165) is 10.8 Å². The molecule has 0 N–H and O–H groups in total. The minimum atomic E-state index is 0.254.